The molecule has 0 bridgehead atoms. The molecule has 0 aromatic heterocycles. The predicted molar refractivity (Wildman–Crippen MR) is 229 cm³/mol. The van der Waals surface area contributed by atoms with E-state index in [1.807, 2.05) is 54.6 Å². The Morgan fingerprint density at radius 1 is 0.724 bits per heavy atom. The molecule has 0 spiro atoms. The van der Waals surface area contributed by atoms with Crippen LogP contribution in [-0.2, 0) is 38.4 Å². The zero-order chi connectivity index (χ0) is 42.4. The number of methoxy groups -OCH3 is 2. The van der Waals surface area contributed by atoms with E-state index in [0.29, 0.717) is 67.8 Å². The third kappa shape index (κ3) is 11.0. The van der Waals surface area contributed by atoms with Gasteiger partial charge in [0.05, 0.1) is 33.0 Å². The van der Waals surface area contributed by atoms with E-state index in [1.165, 1.54) is 0 Å². The topological polar surface area (TPSA) is 107 Å². The lowest BCUT2D eigenvalue weighted by Crippen LogP contribution is -2.43. The van der Waals surface area contributed by atoms with E-state index in [-0.39, 0.29) is 29.5 Å². The van der Waals surface area contributed by atoms with Gasteiger partial charge in [0, 0.05) is 66.1 Å². The lowest BCUT2D eigenvalue weighted by molar-refractivity contribution is -0.226. The molecular weight excluding hydrogens is 755 g/mol. The van der Waals surface area contributed by atoms with Gasteiger partial charge in [0.25, 0.3) is 0 Å². The quantitative estimate of drug-likeness (QED) is 0.0754. The molecule has 0 saturated carbocycles. The monoisotopic (exact) mass is 823 g/mol. The largest absolute Gasteiger partial charge is 0.467 e. The fourth-order valence-electron chi connectivity index (χ4n) is 6.87. The molecule has 2 saturated heterocycles. The van der Waals surface area contributed by atoms with Crippen LogP contribution in [0, 0.1) is 10.8 Å². The average Bonchev–Trinajstić information content (AvgIpc) is 3.18. The molecule has 58 heavy (non-hydrogen) atoms. The van der Waals surface area contributed by atoms with Gasteiger partial charge >= 0.3 is 0 Å². The van der Waals surface area contributed by atoms with Crippen LogP contribution in [0.1, 0.15) is 102 Å². The Bertz CT molecular complexity index is 1690. The summed E-state index contributed by atoms with van der Waals surface area (Å²) in [4.78, 5) is 2.32. The summed E-state index contributed by atoms with van der Waals surface area (Å²) < 4.78 is 55.1. The Labute approximate surface area is 348 Å². The van der Waals surface area contributed by atoms with Crippen LogP contribution in [0.5, 0.6) is 11.5 Å². The SMILES string of the molecule is CCCN(CCO[Si](C)(C)C(C)(C)C)c1cccc(C(O)(c2cc(C3OCC(C)(C)CO3)ccc2OCOC)c2cc(C3OCC(C)(C)CO3)ccc2OCOC)c1. The van der Waals surface area contributed by atoms with Crippen molar-refractivity contribution in [1.29, 1.82) is 0 Å². The van der Waals surface area contributed by atoms with E-state index in [0.717, 1.165) is 29.8 Å². The van der Waals surface area contributed by atoms with Gasteiger partial charge in [-0.25, -0.2) is 0 Å². The molecule has 1 N–H and O–H groups in total. The zero-order valence-corrected chi connectivity index (χ0v) is 38.1. The Morgan fingerprint density at radius 2 is 1.21 bits per heavy atom. The van der Waals surface area contributed by atoms with Crippen molar-refractivity contribution in [2.45, 2.75) is 98.1 Å². The van der Waals surface area contributed by atoms with Gasteiger partial charge in [-0.15, -0.1) is 0 Å². The standard InChI is InChI=1S/C46H69NO10Si/c1-13-21-47(22-23-57-58(11,12)43(2,3)4)36-16-14-15-35(26-36)46(48,37-24-33(17-19-39(37)55-31-49-9)41-51-27-44(5,6)28-52-41)38-25-34(18-20-40(38)56-32-50-10)42-53-29-45(7,8)30-54-42/h14-20,24-26,41-42,48H,13,21-23,27-32H2,1-12H3. The van der Waals surface area contributed by atoms with E-state index < -0.39 is 26.5 Å². The summed E-state index contributed by atoms with van der Waals surface area (Å²) in [5.41, 5.74) is 1.76. The number of nitrogens with zero attached hydrogens (tertiary/aromatic N) is 1. The van der Waals surface area contributed by atoms with Gasteiger partial charge in [-0.05, 0) is 66.5 Å². The van der Waals surface area contributed by atoms with Crippen molar-refractivity contribution in [2.75, 3.05) is 78.8 Å². The molecule has 0 aliphatic carbocycles. The van der Waals surface area contributed by atoms with Crippen molar-refractivity contribution in [1.82, 2.24) is 0 Å². The van der Waals surface area contributed by atoms with Crippen LogP contribution in [0.15, 0.2) is 60.7 Å². The van der Waals surface area contributed by atoms with E-state index in [2.05, 4.69) is 79.5 Å². The van der Waals surface area contributed by atoms with Crippen molar-refractivity contribution in [2.24, 2.45) is 10.8 Å². The number of benzene rings is 3. The highest BCUT2D eigenvalue weighted by Crippen LogP contribution is 2.48. The molecular formula is C46H69NO10Si. The van der Waals surface area contributed by atoms with Crippen molar-refractivity contribution in [3.05, 3.63) is 88.5 Å². The van der Waals surface area contributed by atoms with Gasteiger partial charge in [-0.2, -0.15) is 0 Å². The van der Waals surface area contributed by atoms with Gasteiger partial charge in [0.1, 0.15) is 17.1 Å². The summed E-state index contributed by atoms with van der Waals surface area (Å²) >= 11 is 0. The Morgan fingerprint density at radius 3 is 1.64 bits per heavy atom. The molecule has 0 atom stereocenters. The van der Waals surface area contributed by atoms with Crippen LogP contribution in [0.2, 0.25) is 18.1 Å². The van der Waals surface area contributed by atoms with E-state index in [1.54, 1.807) is 14.2 Å². The Hall–Kier alpha value is -3.04. The number of hydrogen-bond acceptors (Lipinski definition) is 11. The van der Waals surface area contributed by atoms with Crippen molar-refractivity contribution < 1.29 is 47.4 Å². The summed E-state index contributed by atoms with van der Waals surface area (Å²) in [6.45, 7) is 26.0. The first-order valence-electron chi connectivity index (χ1n) is 20.5. The van der Waals surface area contributed by atoms with Crippen molar-refractivity contribution >= 4 is 14.0 Å². The highest BCUT2D eigenvalue weighted by Gasteiger charge is 2.42. The van der Waals surface area contributed by atoms with Crippen LogP contribution in [-0.4, -0.2) is 87.4 Å². The second kappa shape index (κ2) is 19.1. The third-order valence-electron chi connectivity index (χ3n) is 11.3. The maximum absolute atomic E-state index is 14.0. The third-order valence-corrected chi connectivity index (χ3v) is 15.8. The van der Waals surface area contributed by atoms with Gasteiger partial charge in [0.15, 0.2) is 34.5 Å². The summed E-state index contributed by atoms with van der Waals surface area (Å²) in [6, 6.07) is 19.3. The molecule has 3 aromatic rings. The molecule has 3 aromatic carbocycles. The van der Waals surface area contributed by atoms with Crippen molar-refractivity contribution in [3.8, 4) is 11.5 Å². The predicted octanol–water partition coefficient (Wildman–Crippen LogP) is 9.32. The minimum absolute atomic E-state index is 0.0435. The minimum atomic E-state index is -1.97. The first kappa shape index (κ1) is 46.0. The summed E-state index contributed by atoms with van der Waals surface area (Å²) in [7, 11) is 1.16. The number of hydrogen-bond donors (Lipinski definition) is 1. The fraction of sp³-hybridized carbons (Fsp3) is 0.609. The van der Waals surface area contributed by atoms with Crippen LogP contribution in [0.25, 0.3) is 0 Å². The van der Waals surface area contributed by atoms with Gasteiger partial charge < -0.3 is 52.3 Å². The van der Waals surface area contributed by atoms with Gasteiger partial charge in [-0.3, -0.25) is 0 Å². The molecule has 0 unspecified atom stereocenters. The van der Waals surface area contributed by atoms with Gasteiger partial charge in [-0.1, -0.05) is 79.7 Å². The van der Waals surface area contributed by atoms with Crippen LogP contribution in [0.3, 0.4) is 0 Å². The normalized spacial score (nSPS) is 17.9. The first-order chi connectivity index (χ1) is 27.3. The molecule has 0 radical (unpaired) electrons. The van der Waals surface area contributed by atoms with E-state index in [4.69, 9.17) is 42.3 Å². The molecule has 2 heterocycles. The van der Waals surface area contributed by atoms with Crippen LogP contribution >= 0.6 is 0 Å². The molecule has 322 valence electrons. The fourth-order valence-corrected chi connectivity index (χ4v) is 7.91. The molecule has 12 heteroatoms. The molecule has 5 rings (SSSR count). The molecule has 11 nitrogen and oxygen atoms in total. The molecule has 2 aliphatic rings. The smallest absolute Gasteiger partial charge is 0.192 e. The lowest BCUT2D eigenvalue weighted by atomic mass is 9.78. The second-order valence-electron chi connectivity index (χ2n) is 18.7. The zero-order valence-electron chi connectivity index (χ0n) is 37.1. The van der Waals surface area contributed by atoms with Gasteiger partial charge in [0.2, 0.25) is 0 Å². The van der Waals surface area contributed by atoms with Crippen LogP contribution in [0.4, 0.5) is 5.69 Å². The summed E-state index contributed by atoms with van der Waals surface area (Å²) in [6.07, 6.45) is -0.371. The molecule has 0 amide bonds. The summed E-state index contributed by atoms with van der Waals surface area (Å²) in [5, 5.41) is 14.1. The first-order valence-corrected chi connectivity index (χ1v) is 23.5. The minimum Gasteiger partial charge on any atom is -0.467 e. The maximum atomic E-state index is 14.0. The Balaban J connectivity index is 1.71. The van der Waals surface area contributed by atoms with Crippen LogP contribution < -0.4 is 14.4 Å². The molecule has 2 fully saturated rings. The second-order valence-corrected chi connectivity index (χ2v) is 23.5. The average molecular weight is 824 g/mol. The summed E-state index contributed by atoms with van der Waals surface area (Å²) in [5.74, 6) is 0.829. The number of aliphatic hydroxyl groups is 1. The lowest BCUT2D eigenvalue weighted by Gasteiger charge is -2.38. The number of ether oxygens (including phenoxy) is 8. The molecule has 2 aliphatic heterocycles. The highest BCUT2D eigenvalue weighted by atomic mass is 28.4. The maximum Gasteiger partial charge on any atom is 0.192 e. The number of anilines is 1. The highest BCUT2D eigenvalue weighted by molar-refractivity contribution is 6.74. The van der Waals surface area contributed by atoms with Crippen molar-refractivity contribution in [3.63, 3.8) is 0 Å². The van der Waals surface area contributed by atoms with E-state index in [9.17, 15) is 5.11 Å². The number of rotatable bonds is 18. The van der Waals surface area contributed by atoms with E-state index >= 15 is 0 Å². The Kier molecular flexibility index (Phi) is 15.2.